The molecule has 2 aromatic rings. The maximum atomic E-state index is 12.9. The molecule has 0 bridgehead atoms. The van der Waals surface area contributed by atoms with Crippen LogP contribution in [0.25, 0.3) is 0 Å². The van der Waals surface area contributed by atoms with Crippen molar-refractivity contribution in [3.63, 3.8) is 0 Å². The topological polar surface area (TPSA) is 36.5 Å². The lowest BCUT2D eigenvalue weighted by Crippen LogP contribution is -2.36. The molecular formula is C18H22FN3OS. The zero-order valence-corrected chi connectivity index (χ0v) is 14.9. The lowest BCUT2D eigenvalue weighted by Gasteiger charge is -2.26. The number of anilines is 1. The van der Waals surface area contributed by atoms with Gasteiger partial charge in [-0.25, -0.2) is 4.39 Å². The van der Waals surface area contributed by atoms with Gasteiger partial charge in [0, 0.05) is 12.2 Å². The van der Waals surface area contributed by atoms with Crippen LogP contribution in [0, 0.1) is 5.82 Å². The van der Waals surface area contributed by atoms with Gasteiger partial charge in [-0.05, 0) is 68.3 Å². The fourth-order valence-electron chi connectivity index (χ4n) is 2.32. The Balaban J connectivity index is 1.95. The second-order valence-electron chi connectivity index (χ2n) is 5.59. The molecule has 24 heavy (non-hydrogen) atoms. The highest BCUT2D eigenvalue weighted by molar-refractivity contribution is 7.80. The summed E-state index contributed by atoms with van der Waals surface area (Å²) in [4.78, 5) is 2.12. The smallest absolute Gasteiger partial charge is 0.170 e. The van der Waals surface area contributed by atoms with Gasteiger partial charge in [-0.15, -0.1) is 0 Å². The predicted molar refractivity (Wildman–Crippen MR) is 100 cm³/mol. The Bertz CT molecular complexity index is 659. The first kappa shape index (κ1) is 18.2. The van der Waals surface area contributed by atoms with E-state index >= 15 is 0 Å². The summed E-state index contributed by atoms with van der Waals surface area (Å²) in [5, 5.41) is 6.76. The van der Waals surface area contributed by atoms with Gasteiger partial charge in [0.25, 0.3) is 0 Å². The van der Waals surface area contributed by atoms with Crippen molar-refractivity contribution in [3.05, 3.63) is 59.9 Å². The Morgan fingerprint density at radius 3 is 2.29 bits per heavy atom. The Morgan fingerprint density at radius 2 is 1.75 bits per heavy atom. The van der Waals surface area contributed by atoms with Crippen molar-refractivity contribution < 1.29 is 9.13 Å². The Hall–Kier alpha value is -2.18. The molecule has 0 aliphatic rings. The van der Waals surface area contributed by atoms with E-state index in [4.69, 9.17) is 17.0 Å². The van der Waals surface area contributed by atoms with Crippen LogP contribution in [0.2, 0.25) is 0 Å². The maximum Gasteiger partial charge on any atom is 0.170 e. The van der Waals surface area contributed by atoms with Crippen molar-refractivity contribution in [2.24, 2.45) is 0 Å². The largest absolute Gasteiger partial charge is 0.497 e. The fourth-order valence-corrected chi connectivity index (χ4v) is 2.52. The summed E-state index contributed by atoms with van der Waals surface area (Å²) in [5.74, 6) is 0.560. The summed E-state index contributed by atoms with van der Waals surface area (Å²) in [6.07, 6.45) is 0. The SMILES string of the molecule is COc1ccc([C@@H](CNC(=S)Nc2ccc(F)cc2)N(C)C)cc1. The second kappa shape index (κ2) is 8.61. The molecule has 0 radical (unpaired) electrons. The molecule has 0 aromatic heterocycles. The number of hydrogen-bond acceptors (Lipinski definition) is 3. The number of likely N-dealkylation sites (N-methyl/N-ethyl adjacent to an activating group) is 1. The van der Waals surface area contributed by atoms with Gasteiger partial charge in [-0.1, -0.05) is 12.1 Å². The zero-order chi connectivity index (χ0) is 17.5. The van der Waals surface area contributed by atoms with Crippen LogP contribution in [0.1, 0.15) is 11.6 Å². The standard InChI is InChI=1S/C18H22FN3OS/c1-22(2)17(13-4-10-16(23-3)11-5-13)12-20-18(24)21-15-8-6-14(19)7-9-15/h4-11,17H,12H2,1-3H3,(H2,20,21,24)/t17-/m1/s1. The van der Waals surface area contributed by atoms with Gasteiger partial charge in [-0.2, -0.15) is 0 Å². The van der Waals surface area contributed by atoms with Gasteiger partial charge in [0.2, 0.25) is 0 Å². The van der Waals surface area contributed by atoms with Crippen molar-refractivity contribution in [2.75, 3.05) is 33.1 Å². The van der Waals surface area contributed by atoms with Crippen LogP contribution in [0.3, 0.4) is 0 Å². The number of nitrogens with one attached hydrogen (secondary N) is 2. The molecule has 0 heterocycles. The van der Waals surface area contributed by atoms with E-state index in [9.17, 15) is 4.39 Å². The first-order chi connectivity index (χ1) is 11.5. The van der Waals surface area contributed by atoms with Gasteiger partial charge < -0.3 is 20.3 Å². The average Bonchev–Trinajstić information content (AvgIpc) is 2.57. The normalized spacial score (nSPS) is 11.9. The quantitative estimate of drug-likeness (QED) is 0.783. The molecule has 4 nitrogen and oxygen atoms in total. The Labute approximate surface area is 147 Å². The minimum atomic E-state index is -0.272. The van der Waals surface area contributed by atoms with Crippen molar-refractivity contribution in [1.82, 2.24) is 10.2 Å². The molecular weight excluding hydrogens is 325 g/mol. The molecule has 0 aliphatic heterocycles. The summed E-state index contributed by atoms with van der Waals surface area (Å²) >= 11 is 5.31. The summed E-state index contributed by atoms with van der Waals surface area (Å²) in [5.41, 5.74) is 1.91. The van der Waals surface area contributed by atoms with Gasteiger partial charge >= 0.3 is 0 Å². The first-order valence-corrected chi connectivity index (χ1v) is 8.01. The van der Waals surface area contributed by atoms with Crippen molar-refractivity contribution in [3.8, 4) is 5.75 Å². The van der Waals surface area contributed by atoms with Crippen LogP contribution >= 0.6 is 12.2 Å². The van der Waals surface area contributed by atoms with E-state index in [-0.39, 0.29) is 11.9 Å². The van der Waals surface area contributed by atoms with Crippen molar-refractivity contribution >= 4 is 23.0 Å². The molecule has 128 valence electrons. The van der Waals surface area contributed by atoms with Crippen molar-refractivity contribution in [2.45, 2.75) is 6.04 Å². The highest BCUT2D eigenvalue weighted by atomic mass is 32.1. The molecule has 0 spiro atoms. The Kier molecular flexibility index (Phi) is 6.52. The highest BCUT2D eigenvalue weighted by Crippen LogP contribution is 2.20. The molecule has 0 amide bonds. The minimum absolute atomic E-state index is 0.156. The number of methoxy groups -OCH3 is 1. The summed E-state index contributed by atoms with van der Waals surface area (Å²) in [6.45, 7) is 0.645. The van der Waals surface area contributed by atoms with Gasteiger partial charge in [0.1, 0.15) is 11.6 Å². The van der Waals surface area contributed by atoms with Gasteiger partial charge in [-0.3, -0.25) is 0 Å². The van der Waals surface area contributed by atoms with Crippen LogP contribution < -0.4 is 15.4 Å². The minimum Gasteiger partial charge on any atom is -0.497 e. The van der Waals surface area contributed by atoms with Crippen molar-refractivity contribution in [1.29, 1.82) is 0 Å². The van der Waals surface area contributed by atoms with E-state index in [1.807, 2.05) is 38.4 Å². The van der Waals surface area contributed by atoms with Gasteiger partial charge in [0.15, 0.2) is 5.11 Å². The molecule has 6 heteroatoms. The third kappa shape index (κ3) is 5.18. The number of halogens is 1. The van der Waals surface area contributed by atoms with E-state index in [1.165, 1.54) is 12.1 Å². The van der Waals surface area contributed by atoms with E-state index in [0.717, 1.165) is 17.0 Å². The van der Waals surface area contributed by atoms with E-state index in [2.05, 4.69) is 15.5 Å². The highest BCUT2D eigenvalue weighted by Gasteiger charge is 2.14. The number of thiocarbonyl (C=S) groups is 1. The second-order valence-corrected chi connectivity index (χ2v) is 6.00. The van der Waals surface area contributed by atoms with E-state index < -0.39 is 0 Å². The lowest BCUT2D eigenvalue weighted by molar-refractivity contribution is 0.299. The van der Waals surface area contributed by atoms with Crippen LogP contribution in [0.15, 0.2) is 48.5 Å². The van der Waals surface area contributed by atoms with E-state index in [1.54, 1.807) is 19.2 Å². The number of ether oxygens (including phenoxy) is 1. The molecule has 0 saturated carbocycles. The number of hydrogen-bond donors (Lipinski definition) is 2. The molecule has 1 atom stereocenters. The summed E-state index contributed by atoms with van der Waals surface area (Å²) in [7, 11) is 5.69. The third-order valence-electron chi connectivity index (χ3n) is 3.68. The molecule has 2 aromatic carbocycles. The summed E-state index contributed by atoms with van der Waals surface area (Å²) < 4.78 is 18.1. The van der Waals surface area contributed by atoms with E-state index in [0.29, 0.717) is 11.7 Å². The monoisotopic (exact) mass is 347 g/mol. The predicted octanol–water partition coefficient (Wildman–Crippen LogP) is 3.42. The maximum absolute atomic E-state index is 12.9. The molecule has 0 fully saturated rings. The average molecular weight is 347 g/mol. The van der Waals surface area contributed by atoms with Crippen LogP contribution in [0.5, 0.6) is 5.75 Å². The first-order valence-electron chi connectivity index (χ1n) is 7.60. The molecule has 2 N–H and O–H groups in total. The third-order valence-corrected chi connectivity index (χ3v) is 3.93. The number of benzene rings is 2. The van der Waals surface area contributed by atoms with Crippen LogP contribution in [-0.4, -0.2) is 37.8 Å². The Morgan fingerprint density at radius 1 is 1.12 bits per heavy atom. The molecule has 0 unspecified atom stereocenters. The zero-order valence-electron chi connectivity index (χ0n) is 14.0. The lowest BCUT2D eigenvalue weighted by atomic mass is 10.1. The molecule has 0 aliphatic carbocycles. The van der Waals surface area contributed by atoms with Crippen LogP contribution in [-0.2, 0) is 0 Å². The number of nitrogens with zero attached hydrogens (tertiary/aromatic N) is 1. The molecule has 0 saturated heterocycles. The summed E-state index contributed by atoms with van der Waals surface area (Å²) in [6, 6.07) is 14.2. The van der Waals surface area contributed by atoms with Crippen LogP contribution in [0.4, 0.5) is 10.1 Å². The number of rotatable bonds is 6. The van der Waals surface area contributed by atoms with Gasteiger partial charge in [0.05, 0.1) is 13.2 Å². The fraction of sp³-hybridized carbons (Fsp3) is 0.278. The molecule has 2 rings (SSSR count).